The summed E-state index contributed by atoms with van der Waals surface area (Å²) >= 11 is 3.45. The second-order valence-corrected chi connectivity index (χ2v) is 7.23. The SMILES string of the molecule is C[n+]1ccc(-c2cc(-c3cccs3)nc(-c3cccs3)c2)cc1.[I-]. The number of rotatable bonds is 3. The molecule has 0 aliphatic carbocycles. The van der Waals surface area contributed by atoms with Crippen LogP contribution in [0.5, 0.6) is 0 Å². The molecule has 0 spiro atoms. The minimum absolute atomic E-state index is 0. The zero-order chi connectivity index (χ0) is 15.6. The van der Waals surface area contributed by atoms with Crippen molar-refractivity contribution in [2.24, 2.45) is 7.05 Å². The van der Waals surface area contributed by atoms with Gasteiger partial charge in [-0.25, -0.2) is 9.55 Å². The molecule has 0 saturated carbocycles. The highest BCUT2D eigenvalue weighted by Gasteiger charge is 2.10. The van der Waals surface area contributed by atoms with Crippen molar-refractivity contribution in [1.82, 2.24) is 4.98 Å². The van der Waals surface area contributed by atoms with Crippen molar-refractivity contribution in [3.8, 4) is 32.3 Å². The third kappa shape index (κ3) is 3.58. The van der Waals surface area contributed by atoms with Crippen molar-refractivity contribution < 1.29 is 28.5 Å². The molecule has 5 heteroatoms. The van der Waals surface area contributed by atoms with Crippen molar-refractivity contribution in [1.29, 1.82) is 0 Å². The predicted molar refractivity (Wildman–Crippen MR) is 97.5 cm³/mol. The first kappa shape index (κ1) is 17.3. The highest BCUT2D eigenvalue weighted by atomic mass is 127. The zero-order valence-corrected chi connectivity index (χ0v) is 16.8. The van der Waals surface area contributed by atoms with Crippen LogP contribution in [0.3, 0.4) is 0 Å². The van der Waals surface area contributed by atoms with Gasteiger partial charge in [-0.1, -0.05) is 12.1 Å². The smallest absolute Gasteiger partial charge is 0.169 e. The van der Waals surface area contributed by atoms with E-state index >= 15 is 0 Å². The molecule has 0 unspecified atom stereocenters. The number of hydrogen-bond acceptors (Lipinski definition) is 3. The van der Waals surface area contributed by atoms with Crippen LogP contribution in [0.4, 0.5) is 0 Å². The Morgan fingerprint density at radius 2 is 1.33 bits per heavy atom. The van der Waals surface area contributed by atoms with Crippen molar-refractivity contribution >= 4 is 22.7 Å². The van der Waals surface area contributed by atoms with E-state index in [0.717, 1.165) is 11.4 Å². The van der Waals surface area contributed by atoms with Crippen LogP contribution in [0.25, 0.3) is 32.3 Å². The number of hydrogen-bond donors (Lipinski definition) is 0. The Morgan fingerprint density at radius 3 is 1.79 bits per heavy atom. The van der Waals surface area contributed by atoms with E-state index in [1.807, 2.05) is 11.6 Å². The summed E-state index contributed by atoms with van der Waals surface area (Å²) in [6.45, 7) is 0. The average molecular weight is 462 g/mol. The van der Waals surface area contributed by atoms with Gasteiger partial charge in [-0.05, 0) is 46.2 Å². The summed E-state index contributed by atoms with van der Waals surface area (Å²) in [5.41, 5.74) is 4.48. The van der Waals surface area contributed by atoms with Gasteiger partial charge in [0.2, 0.25) is 0 Å². The molecule has 120 valence electrons. The van der Waals surface area contributed by atoms with Crippen LogP contribution >= 0.6 is 22.7 Å². The van der Waals surface area contributed by atoms with Gasteiger partial charge in [-0.15, -0.1) is 22.7 Å². The molecule has 0 atom stereocenters. The fourth-order valence-electron chi connectivity index (χ4n) is 2.49. The van der Waals surface area contributed by atoms with Gasteiger partial charge in [0.05, 0.1) is 21.1 Å². The molecule has 0 amide bonds. The van der Waals surface area contributed by atoms with E-state index < -0.39 is 0 Å². The lowest BCUT2D eigenvalue weighted by Crippen LogP contribution is -3.00. The van der Waals surface area contributed by atoms with Gasteiger partial charge >= 0.3 is 0 Å². The Labute approximate surface area is 166 Å². The quantitative estimate of drug-likeness (QED) is 0.337. The van der Waals surface area contributed by atoms with Gasteiger partial charge in [0.1, 0.15) is 7.05 Å². The minimum atomic E-state index is 0. The summed E-state index contributed by atoms with van der Waals surface area (Å²) in [6, 6.07) is 17.0. The van der Waals surface area contributed by atoms with Crippen LogP contribution in [0.15, 0.2) is 71.7 Å². The van der Waals surface area contributed by atoms with Crippen LogP contribution < -0.4 is 28.5 Å². The standard InChI is InChI=1S/C19H15N2S2.HI/c1-21-8-6-14(7-9-21)15-12-16(18-4-2-10-22-18)20-17(13-15)19-5-3-11-23-19;/h2-13H,1H3;1H/q+1;/p-1. The molecule has 24 heavy (non-hydrogen) atoms. The first-order valence-electron chi connectivity index (χ1n) is 7.35. The second-order valence-electron chi connectivity index (χ2n) is 5.33. The fourth-order valence-corrected chi connectivity index (χ4v) is 3.86. The third-order valence-corrected chi connectivity index (χ3v) is 5.47. The molecule has 0 aliphatic heterocycles. The molecule has 0 radical (unpaired) electrons. The summed E-state index contributed by atoms with van der Waals surface area (Å²) < 4.78 is 2.05. The lowest BCUT2D eigenvalue weighted by atomic mass is 10.0. The summed E-state index contributed by atoms with van der Waals surface area (Å²) in [7, 11) is 2.03. The number of aryl methyl sites for hydroxylation is 1. The van der Waals surface area contributed by atoms with Crippen LogP contribution in [0, 0.1) is 0 Å². The average Bonchev–Trinajstić information content (AvgIpc) is 3.29. The Hall–Kier alpha value is -1.57. The first-order valence-corrected chi connectivity index (χ1v) is 9.11. The number of halogens is 1. The Morgan fingerprint density at radius 1 is 0.792 bits per heavy atom. The summed E-state index contributed by atoms with van der Waals surface area (Å²) in [5.74, 6) is 0. The molecule has 2 nitrogen and oxygen atoms in total. The van der Waals surface area contributed by atoms with Crippen LogP contribution in [0.2, 0.25) is 0 Å². The van der Waals surface area contributed by atoms with E-state index in [9.17, 15) is 0 Å². The molecule has 0 saturated heterocycles. The lowest BCUT2D eigenvalue weighted by Gasteiger charge is -2.07. The topological polar surface area (TPSA) is 16.8 Å². The molecule has 4 heterocycles. The van der Waals surface area contributed by atoms with E-state index in [1.54, 1.807) is 22.7 Å². The van der Waals surface area contributed by atoms with Gasteiger partial charge in [0, 0.05) is 12.1 Å². The molecular weight excluding hydrogens is 447 g/mol. The third-order valence-electron chi connectivity index (χ3n) is 3.68. The normalized spacial score (nSPS) is 10.4. The van der Waals surface area contributed by atoms with Crippen molar-refractivity contribution in [2.75, 3.05) is 0 Å². The van der Waals surface area contributed by atoms with Gasteiger partial charge in [-0.3, -0.25) is 0 Å². The molecule has 0 N–H and O–H groups in total. The fraction of sp³-hybridized carbons (Fsp3) is 0.0526. The molecule has 0 bridgehead atoms. The van der Waals surface area contributed by atoms with Gasteiger partial charge < -0.3 is 24.0 Å². The maximum Gasteiger partial charge on any atom is 0.169 e. The van der Waals surface area contributed by atoms with Crippen molar-refractivity contribution in [3.05, 3.63) is 71.7 Å². The minimum Gasteiger partial charge on any atom is -1.00 e. The predicted octanol–water partition coefficient (Wildman–Crippen LogP) is 2.03. The van der Waals surface area contributed by atoms with E-state index in [0.29, 0.717) is 0 Å². The van der Waals surface area contributed by atoms with Crippen LogP contribution in [-0.4, -0.2) is 4.98 Å². The summed E-state index contributed by atoms with van der Waals surface area (Å²) in [4.78, 5) is 7.28. The maximum absolute atomic E-state index is 4.88. The van der Waals surface area contributed by atoms with E-state index in [-0.39, 0.29) is 24.0 Å². The van der Waals surface area contributed by atoms with E-state index in [1.165, 1.54) is 20.9 Å². The first-order chi connectivity index (χ1) is 11.3. The van der Waals surface area contributed by atoms with Gasteiger partial charge in [0.25, 0.3) is 0 Å². The molecule has 4 aromatic heterocycles. The molecule has 0 fully saturated rings. The Kier molecular flexibility index (Phi) is 5.43. The highest BCUT2D eigenvalue weighted by molar-refractivity contribution is 7.13. The molecular formula is C19H15IN2S2. The van der Waals surface area contributed by atoms with Crippen molar-refractivity contribution in [2.45, 2.75) is 0 Å². The number of aromatic nitrogens is 2. The van der Waals surface area contributed by atoms with Crippen LogP contribution in [0.1, 0.15) is 0 Å². The largest absolute Gasteiger partial charge is 1.00 e. The summed E-state index contributed by atoms with van der Waals surface area (Å²) in [6.07, 6.45) is 4.15. The Balaban J connectivity index is 0.00000169. The second kappa shape index (κ2) is 7.55. The van der Waals surface area contributed by atoms with Gasteiger partial charge in [0.15, 0.2) is 12.4 Å². The number of pyridine rings is 2. The molecule has 0 aromatic carbocycles. The highest BCUT2D eigenvalue weighted by Crippen LogP contribution is 2.33. The molecule has 0 aliphatic rings. The number of nitrogens with zero attached hydrogens (tertiary/aromatic N) is 2. The molecule has 4 rings (SSSR count). The van der Waals surface area contributed by atoms with Crippen molar-refractivity contribution in [3.63, 3.8) is 0 Å². The van der Waals surface area contributed by atoms with E-state index in [2.05, 4.69) is 71.7 Å². The Bertz CT molecular complexity index is 862. The number of thiophene rings is 2. The zero-order valence-electron chi connectivity index (χ0n) is 13.0. The van der Waals surface area contributed by atoms with Gasteiger partial charge in [-0.2, -0.15) is 0 Å². The summed E-state index contributed by atoms with van der Waals surface area (Å²) in [5, 5.41) is 4.19. The van der Waals surface area contributed by atoms with E-state index in [4.69, 9.17) is 4.98 Å². The molecule has 4 aromatic rings. The van der Waals surface area contributed by atoms with Crippen LogP contribution in [-0.2, 0) is 7.05 Å². The maximum atomic E-state index is 4.88. The monoisotopic (exact) mass is 462 g/mol. The lowest BCUT2D eigenvalue weighted by molar-refractivity contribution is -0.671.